The Morgan fingerprint density at radius 2 is 2.05 bits per heavy atom. The largest absolute Gasteiger partial charge is 0.496 e. The van der Waals surface area contributed by atoms with Gasteiger partial charge in [0.05, 0.1) is 12.9 Å². The number of ether oxygens (including phenoxy) is 1. The van der Waals surface area contributed by atoms with Gasteiger partial charge in [-0.05, 0) is 43.0 Å². The minimum absolute atomic E-state index is 0.248. The smallest absolute Gasteiger partial charge is 0.172 e. The molecule has 0 N–H and O–H groups in total. The van der Waals surface area contributed by atoms with Crippen molar-refractivity contribution in [3.05, 3.63) is 29.3 Å². The van der Waals surface area contributed by atoms with Crippen molar-refractivity contribution in [3.63, 3.8) is 0 Å². The van der Waals surface area contributed by atoms with Crippen molar-refractivity contribution in [2.45, 2.75) is 50.7 Å². The summed E-state index contributed by atoms with van der Waals surface area (Å²) in [6.45, 7) is 2.09. The average Bonchev–Trinajstić information content (AvgIpc) is 2.52. The molecule has 3 heteroatoms. The topological polar surface area (TPSA) is 26.3 Å². The van der Waals surface area contributed by atoms with Gasteiger partial charge in [0.15, 0.2) is 5.78 Å². The zero-order valence-corrected chi connectivity index (χ0v) is 13.3. The Labute approximate surface area is 126 Å². The van der Waals surface area contributed by atoms with Crippen molar-refractivity contribution in [3.8, 4) is 5.75 Å². The van der Waals surface area contributed by atoms with E-state index in [-0.39, 0.29) is 5.78 Å². The Balaban J connectivity index is 1.94. The zero-order chi connectivity index (χ0) is 14.4. The van der Waals surface area contributed by atoms with E-state index in [2.05, 4.69) is 6.92 Å². The first kappa shape index (κ1) is 15.4. The van der Waals surface area contributed by atoms with E-state index in [0.717, 1.165) is 23.3 Å². The van der Waals surface area contributed by atoms with Crippen LogP contribution in [0.1, 0.15) is 54.9 Å². The molecule has 1 aromatic rings. The number of ketones is 1. The van der Waals surface area contributed by atoms with Crippen LogP contribution in [0.15, 0.2) is 18.2 Å². The van der Waals surface area contributed by atoms with Crippen LogP contribution in [0, 0.1) is 0 Å². The first-order valence-corrected chi connectivity index (χ1v) is 8.61. The lowest BCUT2D eigenvalue weighted by molar-refractivity contribution is 0.102. The number of benzene rings is 1. The van der Waals surface area contributed by atoms with E-state index in [1.54, 1.807) is 7.11 Å². The normalized spacial score (nSPS) is 16.1. The molecule has 1 saturated carbocycles. The van der Waals surface area contributed by atoms with E-state index in [9.17, 15) is 4.79 Å². The van der Waals surface area contributed by atoms with E-state index in [1.807, 2.05) is 30.0 Å². The standard InChI is InChI=1S/C17H24O2S/c1-3-13-11-14(9-10-17(13)19-2)16(18)12-20-15-7-5-4-6-8-15/h9-11,15H,3-8,12H2,1-2H3. The first-order chi connectivity index (χ1) is 9.74. The maximum absolute atomic E-state index is 12.3. The number of hydrogen-bond donors (Lipinski definition) is 0. The van der Waals surface area contributed by atoms with Gasteiger partial charge in [0.1, 0.15) is 5.75 Å². The zero-order valence-electron chi connectivity index (χ0n) is 12.5. The molecule has 0 saturated heterocycles. The van der Waals surface area contributed by atoms with Crippen molar-refractivity contribution in [1.29, 1.82) is 0 Å². The molecular formula is C17H24O2S. The van der Waals surface area contributed by atoms with Gasteiger partial charge < -0.3 is 4.74 Å². The molecule has 0 atom stereocenters. The van der Waals surface area contributed by atoms with Crippen LogP contribution in [-0.4, -0.2) is 23.9 Å². The summed E-state index contributed by atoms with van der Waals surface area (Å²) in [6, 6.07) is 5.79. The van der Waals surface area contributed by atoms with Crippen LogP contribution in [0.3, 0.4) is 0 Å². The summed E-state index contributed by atoms with van der Waals surface area (Å²) >= 11 is 1.84. The van der Waals surface area contributed by atoms with Gasteiger partial charge in [-0.15, -0.1) is 0 Å². The van der Waals surface area contributed by atoms with Gasteiger partial charge in [-0.1, -0.05) is 26.2 Å². The second kappa shape index (κ2) is 7.72. The van der Waals surface area contributed by atoms with Crippen LogP contribution in [0.4, 0.5) is 0 Å². The summed E-state index contributed by atoms with van der Waals surface area (Å²) < 4.78 is 5.31. The molecular weight excluding hydrogens is 268 g/mol. The van der Waals surface area contributed by atoms with E-state index >= 15 is 0 Å². The van der Waals surface area contributed by atoms with Crippen LogP contribution < -0.4 is 4.74 Å². The van der Waals surface area contributed by atoms with Crippen molar-refractivity contribution >= 4 is 17.5 Å². The number of Topliss-reactive ketones (excluding diaryl/α,β-unsaturated/α-hetero) is 1. The summed E-state index contributed by atoms with van der Waals surface area (Å²) in [5.74, 6) is 1.74. The molecule has 1 aliphatic rings. The van der Waals surface area contributed by atoms with Crippen molar-refractivity contribution in [1.82, 2.24) is 0 Å². The third-order valence-corrected chi connectivity index (χ3v) is 5.36. The summed E-state index contributed by atoms with van der Waals surface area (Å²) in [5, 5.41) is 0.691. The second-order valence-corrected chi connectivity index (χ2v) is 6.66. The number of hydrogen-bond acceptors (Lipinski definition) is 3. The summed E-state index contributed by atoms with van der Waals surface area (Å²) in [4.78, 5) is 12.3. The van der Waals surface area contributed by atoms with Gasteiger partial charge in [0.25, 0.3) is 0 Å². The molecule has 0 aliphatic heterocycles. The van der Waals surface area contributed by atoms with Crippen molar-refractivity contribution < 1.29 is 9.53 Å². The highest BCUT2D eigenvalue weighted by molar-refractivity contribution is 8.00. The SMILES string of the molecule is CCc1cc(C(=O)CSC2CCCCC2)ccc1OC. The third-order valence-electron chi connectivity index (χ3n) is 3.99. The van der Waals surface area contributed by atoms with Gasteiger partial charge in [-0.25, -0.2) is 0 Å². The lowest BCUT2D eigenvalue weighted by atomic mass is 10.0. The number of carbonyl (C=O) groups excluding carboxylic acids is 1. The fourth-order valence-electron chi connectivity index (χ4n) is 2.74. The number of methoxy groups -OCH3 is 1. The summed E-state index contributed by atoms with van der Waals surface area (Å²) in [7, 11) is 1.68. The molecule has 0 bridgehead atoms. The van der Waals surface area contributed by atoms with Crippen LogP contribution >= 0.6 is 11.8 Å². The fourth-order valence-corrected chi connectivity index (χ4v) is 3.96. The Hall–Kier alpha value is -0.960. The van der Waals surface area contributed by atoms with E-state index in [4.69, 9.17) is 4.74 Å². The molecule has 2 nitrogen and oxygen atoms in total. The number of rotatable bonds is 6. The molecule has 1 aromatic carbocycles. The van der Waals surface area contributed by atoms with Gasteiger partial charge in [-0.2, -0.15) is 11.8 Å². The highest BCUT2D eigenvalue weighted by Gasteiger charge is 2.16. The molecule has 20 heavy (non-hydrogen) atoms. The van der Waals surface area contributed by atoms with Crippen LogP contribution in [0.2, 0.25) is 0 Å². The van der Waals surface area contributed by atoms with Crippen LogP contribution in [0.25, 0.3) is 0 Å². The lowest BCUT2D eigenvalue weighted by Crippen LogP contribution is -2.12. The fraction of sp³-hybridized carbons (Fsp3) is 0.588. The summed E-state index contributed by atoms with van der Waals surface area (Å²) in [6.07, 6.45) is 7.47. The monoisotopic (exact) mass is 292 g/mol. The molecule has 0 spiro atoms. The van der Waals surface area contributed by atoms with E-state index in [0.29, 0.717) is 11.0 Å². The Bertz CT molecular complexity index is 450. The predicted molar refractivity (Wildman–Crippen MR) is 86.0 cm³/mol. The molecule has 0 aromatic heterocycles. The predicted octanol–water partition coefficient (Wildman–Crippen LogP) is 4.51. The molecule has 1 fully saturated rings. The Morgan fingerprint density at radius 1 is 1.30 bits per heavy atom. The number of thioether (sulfide) groups is 1. The number of carbonyl (C=O) groups is 1. The highest BCUT2D eigenvalue weighted by Crippen LogP contribution is 2.29. The van der Waals surface area contributed by atoms with E-state index in [1.165, 1.54) is 32.1 Å². The van der Waals surface area contributed by atoms with Gasteiger partial charge >= 0.3 is 0 Å². The molecule has 0 heterocycles. The first-order valence-electron chi connectivity index (χ1n) is 7.56. The highest BCUT2D eigenvalue weighted by atomic mass is 32.2. The quantitative estimate of drug-likeness (QED) is 0.722. The van der Waals surface area contributed by atoms with Gasteiger partial charge in [0, 0.05) is 10.8 Å². The van der Waals surface area contributed by atoms with Crippen molar-refractivity contribution in [2.75, 3.05) is 12.9 Å². The molecule has 2 rings (SSSR count). The molecule has 1 aliphatic carbocycles. The third kappa shape index (κ3) is 4.02. The van der Waals surface area contributed by atoms with Crippen LogP contribution in [-0.2, 0) is 6.42 Å². The molecule has 0 unspecified atom stereocenters. The lowest BCUT2D eigenvalue weighted by Gasteiger charge is -2.20. The van der Waals surface area contributed by atoms with Gasteiger partial charge in [0.2, 0.25) is 0 Å². The maximum Gasteiger partial charge on any atom is 0.172 e. The number of aryl methyl sites for hydroxylation is 1. The van der Waals surface area contributed by atoms with Crippen LogP contribution in [0.5, 0.6) is 5.75 Å². The Morgan fingerprint density at radius 3 is 2.70 bits per heavy atom. The molecule has 110 valence electrons. The Kier molecular flexibility index (Phi) is 5.96. The minimum Gasteiger partial charge on any atom is -0.496 e. The van der Waals surface area contributed by atoms with E-state index < -0.39 is 0 Å². The minimum atomic E-state index is 0.248. The molecule has 0 amide bonds. The maximum atomic E-state index is 12.3. The summed E-state index contributed by atoms with van der Waals surface area (Å²) in [5.41, 5.74) is 1.94. The molecule has 0 radical (unpaired) electrons. The second-order valence-electron chi connectivity index (χ2n) is 5.37. The van der Waals surface area contributed by atoms with Crippen molar-refractivity contribution in [2.24, 2.45) is 0 Å². The van der Waals surface area contributed by atoms with Gasteiger partial charge in [-0.3, -0.25) is 4.79 Å². The average molecular weight is 292 g/mol.